The highest BCUT2D eigenvalue weighted by Crippen LogP contribution is 2.21. The maximum atomic E-state index is 12.4. The molecule has 0 fully saturated rings. The molecule has 2 aromatic rings. The van der Waals surface area contributed by atoms with Gasteiger partial charge in [-0.1, -0.05) is 30.3 Å². The minimum Gasteiger partial charge on any atom is -0.508 e. The molecule has 0 spiro atoms. The highest BCUT2D eigenvalue weighted by Gasteiger charge is 2.16. The van der Waals surface area contributed by atoms with Gasteiger partial charge in [-0.05, 0) is 37.1 Å². The molecule has 3 nitrogen and oxygen atoms in total. The number of carbonyl (C=O) groups is 1. The molecule has 0 aromatic heterocycles. The molecule has 0 aliphatic rings. The van der Waals surface area contributed by atoms with Crippen molar-refractivity contribution in [1.29, 1.82) is 0 Å². The molecular formula is C17H19NO2. The van der Waals surface area contributed by atoms with Crippen molar-refractivity contribution in [3.63, 3.8) is 0 Å². The molecule has 104 valence electrons. The van der Waals surface area contributed by atoms with Crippen LogP contribution in [0.2, 0.25) is 0 Å². The van der Waals surface area contributed by atoms with Crippen LogP contribution in [0.4, 0.5) is 0 Å². The Morgan fingerprint density at radius 3 is 2.50 bits per heavy atom. The summed E-state index contributed by atoms with van der Waals surface area (Å²) in [5, 5.41) is 9.69. The lowest BCUT2D eigenvalue weighted by Gasteiger charge is -2.19. The molecule has 0 saturated heterocycles. The van der Waals surface area contributed by atoms with Gasteiger partial charge in [-0.3, -0.25) is 4.79 Å². The molecule has 0 radical (unpaired) electrons. The number of phenolic OH excluding ortho intramolecular Hbond substituents is 1. The summed E-state index contributed by atoms with van der Waals surface area (Å²) >= 11 is 0. The molecule has 0 aliphatic heterocycles. The van der Waals surface area contributed by atoms with Crippen LogP contribution in [0.25, 0.3) is 0 Å². The third-order valence-corrected chi connectivity index (χ3v) is 3.55. The van der Waals surface area contributed by atoms with Crippen molar-refractivity contribution < 1.29 is 9.90 Å². The predicted octanol–water partition coefficient (Wildman–Crippen LogP) is 3.28. The van der Waals surface area contributed by atoms with Gasteiger partial charge in [-0.15, -0.1) is 0 Å². The van der Waals surface area contributed by atoms with Gasteiger partial charge >= 0.3 is 0 Å². The molecule has 0 atom stereocenters. The van der Waals surface area contributed by atoms with Crippen LogP contribution in [0.1, 0.15) is 27.0 Å². The Balaban J connectivity index is 2.21. The van der Waals surface area contributed by atoms with Crippen molar-refractivity contribution in [3.8, 4) is 5.75 Å². The Bertz CT molecular complexity index is 635. The molecule has 1 N–H and O–H groups in total. The van der Waals surface area contributed by atoms with E-state index >= 15 is 0 Å². The second-order valence-electron chi connectivity index (χ2n) is 5.04. The van der Waals surface area contributed by atoms with Gasteiger partial charge in [0.25, 0.3) is 5.91 Å². The van der Waals surface area contributed by atoms with Crippen LogP contribution in [0.3, 0.4) is 0 Å². The Hall–Kier alpha value is -2.29. The van der Waals surface area contributed by atoms with Crippen molar-refractivity contribution in [2.45, 2.75) is 20.4 Å². The summed E-state index contributed by atoms with van der Waals surface area (Å²) in [4.78, 5) is 14.1. The summed E-state index contributed by atoms with van der Waals surface area (Å²) in [6.07, 6.45) is 0. The van der Waals surface area contributed by atoms with Gasteiger partial charge in [0, 0.05) is 24.7 Å². The number of amides is 1. The van der Waals surface area contributed by atoms with Gasteiger partial charge in [-0.25, -0.2) is 0 Å². The maximum absolute atomic E-state index is 12.4. The third-order valence-electron chi connectivity index (χ3n) is 3.55. The van der Waals surface area contributed by atoms with E-state index in [0.717, 1.165) is 5.56 Å². The molecule has 0 unspecified atom stereocenters. The third kappa shape index (κ3) is 2.82. The van der Waals surface area contributed by atoms with Crippen LogP contribution < -0.4 is 0 Å². The first-order chi connectivity index (χ1) is 9.50. The topological polar surface area (TPSA) is 40.5 Å². The SMILES string of the molecule is Cc1ccccc1CN(C)C(=O)c1cccc(O)c1C. The Morgan fingerprint density at radius 1 is 1.10 bits per heavy atom. The van der Waals surface area contributed by atoms with Gasteiger partial charge in [0.15, 0.2) is 0 Å². The second kappa shape index (κ2) is 5.78. The van der Waals surface area contributed by atoms with Crippen molar-refractivity contribution in [3.05, 3.63) is 64.7 Å². The largest absolute Gasteiger partial charge is 0.508 e. The first-order valence-electron chi connectivity index (χ1n) is 6.59. The molecule has 2 aromatic carbocycles. The Kier molecular flexibility index (Phi) is 4.08. The number of aromatic hydroxyl groups is 1. The minimum absolute atomic E-state index is 0.0818. The molecule has 1 amide bonds. The van der Waals surface area contributed by atoms with E-state index in [1.165, 1.54) is 5.56 Å². The summed E-state index contributed by atoms with van der Waals surface area (Å²) in [5.74, 6) is 0.0711. The first kappa shape index (κ1) is 14.1. The van der Waals surface area contributed by atoms with Crippen LogP contribution >= 0.6 is 0 Å². The van der Waals surface area contributed by atoms with E-state index in [1.807, 2.05) is 31.2 Å². The zero-order chi connectivity index (χ0) is 14.7. The summed E-state index contributed by atoms with van der Waals surface area (Å²) in [7, 11) is 1.78. The van der Waals surface area contributed by atoms with Gasteiger partial charge in [0.05, 0.1) is 0 Å². The van der Waals surface area contributed by atoms with E-state index < -0.39 is 0 Å². The molecule has 0 bridgehead atoms. The Morgan fingerprint density at radius 2 is 1.80 bits per heavy atom. The fourth-order valence-corrected chi connectivity index (χ4v) is 2.18. The minimum atomic E-state index is -0.0818. The van der Waals surface area contributed by atoms with E-state index in [-0.39, 0.29) is 11.7 Å². The number of phenols is 1. The van der Waals surface area contributed by atoms with Crippen LogP contribution in [-0.2, 0) is 6.54 Å². The molecular weight excluding hydrogens is 250 g/mol. The van der Waals surface area contributed by atoms with Crippen LogP contribution in [0.5, 0.6) is 5.75 Å². The predicted molar refractivity (Wildman–Crippen MR) is 79.8 cm³/mol. The number of carbonyl (C=O) groups excluding carboxylic acids is 1. The van der Waals surface area contributed by atoms with Crippen molar-refractivity contribution in [2.24, 2.45) is 0 Å². The normalized spacial score (nSPS) is 10.3. The molecule has 3 heteroatoms. The number of hydrogen-bond donors (Lipinski definition) is 1. The van der Waals surface area contributed by atoms with Crippen molar-refractivity contribution in [2.75, 3.05) is 7.05 Å². The first-order valence-corrected chi connectivity index (χ1v) is 6.59. The molecule has 2 rings (SSSR count). The van der Waals surface area contributed by atoms with E-state index in [0.29, 0.717) is 17.7 Å². The average Bonchev–Trinajstić information content (AvgIpc) is 2.43. The lowest BCUT2D eigenvalue weighted by molar-refractivity contribution is 0.0783. The van der Waals surface area contributed by atoms with E-state index in [2.05, 4.69) is 0 Å². The summed E-state index contributed by atoms with van der Waals surface area (Å²) in [5.41, 5.74) is 3.45. The van der Waals surface area contributed by atoms with E-state index in [9.17, 15) is 9.90 Å². The van der Waals surface area contributed by atoms with E-state index in [1.54, 1.807) is 37.1 Å². The average molecular weight is 269 g/mol. The monoisotopic (exact) mass is 269 g/mol. The van der Waals surface area contributed by atoms with Gasteiger partial charge < -0.3 is 10.0 Å². The summed E-state index contributed by atoms with van der Waals surface area (Å²) in [6.45, 7) is 4.35. The van der Waals surface area contributed by atoms with Crippen molar-refractivity contribution in [1.82, 2.24) is 4.90 Å². The van der Waals surface area contributed by atoms with Gasteiger partial charge in [-0.2, -0.15) is 0 Å². The van der Waals surface area contributed by atoms with Crippen molar-refractivity contribution >= 4 is 5.91 Å². The Labute approximate surface area is 119 Å². The lowest BCUT2D eigenvalue weighted by Crippen LogP contribution is -2.27. The quantitative estimate of drug-likeness (QED) is 0.929. The highest BCUT2D eigenvalue weighted by atomic mass is 16.3. The second-order valence-corrected chi connectivity index (χ2v) is 5.04. The zero-order valence-electron chi connectivity index (χ0n) is 12.1. The van der Waals surface area contributed by atoms with Gasteiger partial charge in [0.2, 0.25) is 0 Å². The number of benzene rings is 2. The number of aryl methyl sites for hydroxylation is 1. The number of hydrogen-bond acceptors (Lipinski definition) is 2. The highest BCUT2D eigenvalue weighted by molar-refractivity contribution is 5.96. The zero-order valence-corrected chi connectivity index (χ0v) is 12.1. The molecule has 0 heterocycles. The number of nitrogens with zero attached hydrogens (tertiary/aromatic N) is 1. The smallest absolute Gasteiger partial charge is 0.254 e. The maximum Gasteiger partial charge on any atom is 0.254 e. The molecule has 20 heavy (non-hydrogen) atoms. The fourth-order valence-electron chi connectivity index (χ4n) is 2.18. The lowest BCUT2D eigenvalue weighted by atomic mass is 10.1. The number of rotatable bonds is 3. The summed E-state index contributed by atoms with van der Waals surface area (Å²) < 4.78 is 0. The van der Waals surface area contributed by atoms with Crippen LogP contribution in [0, 0.1) is 13.8 Å². The summed E-state index contributed by atoms with van der Waals surface area (Å²) in [6, 6.07) is 13.0. The molecule has 0 aliphatic carbocycles. The fraction of sp³-hybridized carbons (Fsp3) is 0.235. The van der Waals surface area contributed by atoms with Crippen LogP contribution in [-0.4, -0.2) is 23.0 Å². The van der Waals surface area contributed by atoms with Crippen LogP contribution in [0.15, 0.2) is 42.5 Å². The standard InChI is InChI=1S/C17H19NO2/c1-12-7-4-5-8-14(12)11-18(3)17(20)15-9-6-10-16(19)13(15)2/h4-10,19H,11H2,1-3H3. The van der Waals surface area contributed by atoms with Gasteiger partial charge in [0.1, 0.15) is 5.75 Å². The molecule has 0 saturated carbocycles. The van der Waals surface area contributed by atoms with E-state index in [4.69, 9.17) is 0 Å².